The van der Waals surface area contributed by atoms with Crippen LogP contribution in [0.1, 0.15) is 43.5 Å². The van der Waals surface area contributed by atoms with E-state index < -0.39 is 17.7 Å². The third kappa shape index (κ3) is 4.84. The number of rotatable bonds is 9. The third-order valence-corrected chi connectivity index (χ3v) is 7.06. The molecule has 4 rings (SSSR count). The first kappa shape index (κ1) is 26.8. The SMILES string of the molecule is CCc1ccc(N2C(=O)C(=O)/C(=C(\O)c3ccc(OC)c(OC)c3)C2c2ccc(N(CC)CC)cc2)cc1. The molecule has 3 aromatic carbocycles. The molecule has 0 radical (unpaired) electrons. The lowest BCUT2D eigenvalue weighted by Crippen LogP contribution is -2.29. The van der Waals surface area contributed by atoms with Crippen LogP contribution >= 0.6 is 0 Å². The number of methoxy groups -OCH3 is 2. The molecule has 7 nitrogen and oxygen atoms in total. The highest BCUT2D eigenvalue weighted by Gasteiger charge is 2.47. The molecule has 1 atom stereocenters. The van der Waals surface area contributed by atoms with Crippen molar-refractivity contribution >= 4 is 28.8 Å². The van der Waals surface area contributed by atoms with Gasteiger partial charge in [0.15, 0.2) is 11.5 Å². The predicted molar refractivity (Wildman–Crippen MR) is 150 cm³/mol. The number of ketones is 1. The maximum Gasteiger partial charge on any atom is 0.300 e. The van der Waals surface area contributed by atoms with E-state index in [0.29, 0.717) is 22.7 Å². The molecule has 1 unspecified atom stereocenters. The molecule has 0 aromatic heterocycles. The molecule has 1 amide bonds. The fourth-order valence-electron chi connectivity index (χ4n) is 4.90. The Morgan fingerprint density at radius 2 is 1.50 bits per heavy atom. The van der Waals surface area contributed by atoms with Gasteiger partial charge in [-0.3, -0.25) is 14.5 Å². The first-order valence-corrected chi connectivity index (χ1v) is 12.9. The van der Waals surface area contributed by atoms with Gasteiger partial charge in [0.2, 0.25) is 0 Å². The van der Waals surface area contributed by atoms with E-state index in [1.54, 1.807) is 18.2 Å². The number of amides is 1. The Hall–Kier alpha value is -4.26. The second kappa shape index (κ2) is 11.4. The number of aryl methyl sites for hydroxylation is 1. The van der Waals surface area contributed by atoms with Crippen molar-refractivity contribution < 1.29 is 24.2 Å². The summed E-state index contributed by atoms with van der Waals surface area (Å²) in [6, 6.07) is 19.5. The third-order valence-electron chi connectivity index (χ3n) is 7.06. The molecule has 1 fully saturated rings. The van der Waals surface area contributed by atoms with Crippen molar-refractivity contribution in [2.24, 2.45) is 0 Å². The summed E-state index contributed by atoms with van der Waals surface area (Å²) >= 11 is 0. The normalized spacial score (nSPS) is 16.6. The monoisotopic (exact) mass is 514 g/mol. The Balaban J connectivity index is 1.90. The minimum absolute atomic E-state index is 0.0253. The largest absolute Gasteiger partial charge is 0.507 e. The van der Waals surface area contributed by atoms with E-state index in [-0.39, 0.29) is 11.3 Å². The maximum absolute atomic E-state index is 13.5. The Labute approximate surface area is 223 Å². The number of hydrogen-bond acceptors (Lipinski definition) is 6. The number of carbonyl (C=O) groups is 2. The van der Waals surface area contributed by atoms with Gasteiger partial charge in [0.25, 0.3) is 11.7 Å². The molecular formula is C31H34N2O5. The van der Waals surface area contributed by atoms with E-state index in [0.717, 1.165) is 36.3 Å². The highest BCUT2D eigenvalue weighted by atomic mass is 16.5. The minimum atomic E-state index is -0.804. The molecule has 0 aliphatic carbocycles. The van der Waals surface area contributed by atoms with Crippen LogP contribution in [-0.2, 0) is 16.0 Å². The topological polar surface area (TPSA) is 79.3 Å². The van der Waals surface area contributed by atoms with Gasteiger partial charge >= 0.3 is 0 Å². The number of ether oxygens (including phenoxy) is 2. The van der Waals surface area contributed by atoms with Crippen LogP contribution in [0.15, 0.2) is 72.3 Å². The molecule has 1 aliphatic rings. The average Bonchev–Trinajstić information content (AvgIpc) is 3.23. The number of nitrogens with zero attached hydrogens (tertiary/aromatic N) is 2. The van der Waals surface area contributed by atoms with E-state index in [9.17, 15) is 14.7 Å². The molecular weight excluding hydrogens is 480 g/mol. The van der Waals surface area contributed by atoms with Gasteiger partial charge in [-0.2, -0.15) is 0 Å². The van der Waals surface area contributed by atoms with E-state index in [4.69, 9.17) is 9.47 Å². The summed E-state index contributed by atoms with van der Waals surface area (Å²) in [5, 5.41) is 11.5. The molecule has 3 aromatic rings. The van der Waals surface area contributed by atoms with E-state index >= 15 is 0 Å². The van der Waals surface area contributed by atoms with Crippen LogP contribution < -0.4 is 19.3 Å². The number of Topliss-reactive ketones (excluding diaryl/α,β-unsaturated/α-hetero) is 1. The van der Waals surface area contributed by atoms with Crippen molar-refractivity contribution in [3.63, 3.8) is 0 Å². The highest BCUT2D eigenvalue weighted by Crippen LogP contribution is 2.43. The quantitative estimate of drug-likeness (QED) is 0.223. The van der Waals surface area contributed by atoms with Gasteiger partial charge in [0.05, 0.1) is 25.8 Å². The van der Waals surface area contributed by atoms with Gasteiger partial charge in [-0.25, -0.2) is 0 Å². The molecule has 7 heteroatoms. The number of aliphatic hydroxyl groups excluding tert-OH is 1. The van der Waals surface area contributed by atoms with Gasteiger partial charge in [-0.1, -0.05) is 31.2 Å². The summed E-state index contributed by atoms with van der Waals surface area (Å²) in [5.74, 6) is -0.802. The standard InChI is InChI=1S/C31H34N2O5/c1-6-20-9-14-24(15-10-20)33-28(21-11-16-23(17-12-21)32(7-2)8-3)27(30(35)31(33)36)29(34)22-13-18-25(37-4)26(19-22)38-5/h9-19,28,34H,6-8H2,1-5H3/b29-27-. The second-order valence-electron chi connectivity index (χ2n) is 9.02. The van der Waals surface area contributed by atoms with Gasteiger partial charge < -0.3 is 19.5 Å². The van der Waals surface area contributed by atoms with Crippen LogP contribution in [0.3, 0.4) is 0 Å². The highest BCUT2D eigenvalue weighted by molar-refractivity contribution is 6.51. The minimum Gasteiger partial charge on any atom is -0.507 e. The molecule has 1 aliphatic heterocycles. The lowest BCUT2D eigenvalue weighted by atomic mass is 9.94. The Morgan fingerprint density at radius 1 is 0.868 bits per heavy atom. The van der Waals surface area contributed by atoms with Crippen molar-refractivity contribution in [3.8, 4) is 11.5 Å². The van der Waals surface area contributed by atoms with Gasteiger partial charge in [-0.15, -0.1) is 0 Å². The smallest absolute Gasteiger partial charge is 0.300 e. The van der Waals surface area contributed by atoms with Crippen molar-refractivity contribution in [1.82, 2.24) is 0 Å². The first-order chi connectivity index (χ1) is 18.4. The zero-order valence-corrected chi connectivity index (χ0v) is 22.5. The Bertz CT molecular complexity index is 1340. The number of anilines is 2. The molecule has 1 N–H and O–H groups in total. The second-order valence-corrected chi connectivity index (χ2v) is 9.02. The average molecular weight is 515 g/mol. The van der Waals surface area contributed by atoms with Crippen LogP contribution in [-0.4, -0.2) is 44.1 Å². The van der Waals surface area contributed by atoms with Crippen LogP contribution in [0.2, 0.25) is 0 Å². The fourth-order valence-corrected chi connectivity index (χ4v) is 4.90. The van der Waals surface area contributed by atoms with Gasteiger partial charge in [0.1, 0.15) is 5.76 Å². The summed E-state index contributed by atoms with van der Waals surface area (Å²) in [6.45, 7) is 7.96. The molecule has 0 bridgehead atoms. The molecule has 0 spiro atoms. The van der Waals surface area contributed by atoms with E-state index in [1.807, 2.05) is 48.5 Å². The molecule has 38 heavy (non-hydrogen) atoms. The zero-order valence-electron chi connectivity index (χ0n) is 22.5. The van der Waals surface area contributed by atoms with Crippen molar-refractivity contribution in [2.45, 2.75) is 33.2 Å². The van der Waals surface area contributed by atoms with Gasteiger partial charge in [0, 0.05) is 30.0 Å². The van der Waals surface area contributed by atoms with Crippen LogP contribution in [0.25, 0.3) is 5.76 Å². The van der Waals surface area contributed by atoms with Crippen LogP contribution in [0.5, 0.6) is 11.5 Å². The maximum atomic E-state index is 13.5. The van der Waals surface area contributed by atoms with Crippen molar-refractivity contribution in [2.75, 3.05) is 37.1 Å². The molecule has 0 saturated carbocycles. The molecule has 1 saturated heterocycles. The fraction of sp³-hybridized carbons (Fsp3) is 0.290. The Morgan fingerprint density at radius 3 is 2.05 bits per heavy atom. The predicted octanol–water partition coefficient (Wildman–Crippen LogP) is 5.74. The van der Waals surface area contributed by atoms with E-state index in [1.165, 1.54) is 19.1 Å². The van der Waals surface area contributed by atoms with Crippen molar-refractivity contribution in [3.05, 3.63) is 89.0 Å². The number of aliphatic hydroxyl groups is 1. The molecule has 198 valence electrons. The summed E-state index contributed by atoms with van der Waals surface area (Å²) in [4.78, 5) is 30.6. The number of carbonyl (C=O) groups excluding carboxylic acids is 2. The van der Waals surface area contributed by atoms with E-state index in [2.05, 4.69) is 25.7 Å². The van der Waals surface area contributed by atoms with Crippen LogP contribution in [0, 0.1) is 0 Å². The summed E-state index contributed by atoms with van der Waals surface area (Å²) in [6.07, 6.45) is 0.856. The summed E-state index contributed by atoms with van der Waals surface area (Å²) in [5.41, 5.74) is 3.86. The summed E-state index contributed by atoms with van der Waals surface area (Å²) in [7, 11) is 3.02. The number of hydrogen-bond donors (Lipinski definition) is 1. The summed E-state index contributed by atoms with van der Waals surface area (Å²) < 4.78 is 10.7. The first-order valence-electron chi connectivity index (χ1n) is 12.9. The van der Waals surface area contributed by atoms with Crippen molar-refractivity contribution in [1.29, 1.82) is 0 Å². The van der Waals surface area contributed by atoms with Crippen LogP contribution in [0.4, 0.5) is 11.4 Å². The number of benzene rings is 3. The Kier molecular flexibility index (Phi) is 8.05. The molecule has 1 heterocycles. The lowest BCUT2D eigenvalue weighted by molar-refractivity contribution is -0.132. The lowest BCUT2D eigenvalue weighted by Gasteiger charge is -2.27. The van der Waals surface area contributed by atoms with Gasteiger partial charge in [-0.05, 0) is 73.9 Å². The zero-order chi connectivity index (χ0) is 27.4.